The summed E-state index contributed by atoms with van der Waals surface area (Å²) in [6, 6.07) is 14.4. The van der Waals surface area contributed by atoms with Crippen LogP contribution < -0.4 is 14.8 Å². The molecule has 0 fully saturated rings. The van der Waals surface area contributed by atoms with Gasteiger partial charge in [-0.05, 0) is 47.5 Å². The van der Waals surface area contributed by atoms with E-state index in [-0.39, 0.29) is 15.8 Å². The second-order valence-electron chi connectivity index (χ2n) is 6.15. The number of phenols is 1. The topological polar surface area (TPSA) is 50.7 Å². The number of aromatic hydroxyl groups is 1. The molecule has 3 aromatic rings. The monoisotopic (exact) mass is 515 g/mol. The van der Waals surface area contributed by atoms with E-state index in [4.69, 9.17) is 44.3 Å². The molecule has 0 saturated carbocycles. The molecule has 0 radical (unpaired) electrons. The molecule has 0 heterocycles. The number of halogens is 4. The van der Waals surface area contributed by atoms with Crippen molar-refractivity contribution in [3.05, 3.63) is 79.2 Å². The predicted molar refractivity (Wildman–Crippen MR) is 122 cm³/mol. The van der Waals surface area contributed by atoms with E-state index in [2.05, 4.69) is 21.2 Å². The number of hydrogen-bond acceptors (Lipinski definition) is 4. The van der Waals surface area contributed by atoms with Crippen LogP contribution in [-0.2, 0) is 13.2 Å². The maximum atomic E-state index is 9.67. The Morgan fingerprint density at radius 2 is 1.62 bits per heavy atom. The van der Waals surface area contributed by atoms with Crippen molar-refractivity contribution >= 4 is 56.4 Å². The van der Waals surface area contributed by atoms with Crippen LogP contribution in [0.2, 0.25) is 15.1 Å². The summed E-state index contributed by atoms with van der Waals surface area (Å²) < 4.78 is 12.3. The van der Waals surface area contributed by atoms with Gasteiger partial charge in [-0.1, -0.05) is 62.9 Å². The smallest absolute Gasteiger partial charge is 0.162 e. The van der Waals surface area contributed by atoms with Gasteiger partial charge < -0.3 is 19.9 Å². The first-order chi connectivity index (χ1) is 13.9. The van der Waals surface area contributed by atoms with Gasteiger partial charge in [0.15, 0.2) is 17.2 Å². The Bertz CT molecular complexity index is 990. The molecular formula is C21H17BrCl3NO3. The van der Waals surface area contributed by atoms with Crippen LogP contribution >= 0.6 is 50.7 Å². The van der Waals surface area contributed by atoms with Gasteiger partial charge in [-0.15, -0.1) is 0 Å². The highest BCUT2D eigenvalue weighted by molar-refractivity contribution is 9.10. The average Bonchev–Trinajstić information content (AvgIpc) is 2.70. The van der Waals surface area contributed by atoms with Crippen LogP contribution in [0, 0.1) is 0 Å². The zero-order valence-corrected chi connectivity index (χ0v) is 19.2. The van der Waals surface area contributed by atoms with Gasteiger partial charge in [0.2, 0.25) is 0 Å². The Morgan fingerprint density at radius 3 is 2.24 bits per heavy atom. The standard InChI is InChI=1S/C21H17BrCl3NO3/c1-28-19-6-13(10-26-15-7-17(24)21(27)18(25)8-15)16(22)9-20(19)29-11-12-2-4-14(23)5-3-12/h2-9,26-27H,10-11H2,1H3. The van der Waals surface area contributed by atoms with E-state index < -0.39 is 0 Å². The lowest BCUT2D eigenvalue weighted by atomic mass is 10.2. The highest BCUT2D eigenvalue weighted by atomic mass is 79.9. The average molecular weight is 518 g/mol. The van der Waals surface area contributed by atoms with Crippen molar-refractivity contribution in [1.82, 2.24) is 0 Å². The minimum atomic E-state index is -0.135. The third-order valence-corrected chi connectivity index (χ3v) is 5.71. The number of ether oxygens (including phenoxy) is 2. The summed E-state index contributed by atoms with van der Waals surface area (Å²) in [7, 11) is 1.59. The molecule has 0 aromatic heterocycles. The zero-order valence-electron chi connectivity index (χ0n) is 15.3. The number of nitrogens with one attached hydrogen (secondary N) is 1. The van der Waals surface area contributed by atoms with Crippen molar-refractivity contribution in [2.45, 2.75) is 13.2 Å². The maximum Gasteiger partial charge on any atom is 0.162 e. The SMILES string of the molecule is COc1cc(CNc2cc(Cl)c(O)c(Cl)c2)c(Br)cc1OCc1ccc(Cl)cc1. The van der Waals surface area contributed by atoms with E-state index in [9.17, 15) is 5.11 Å². The predicted octanol–water partition coefficient (Wildman–Crippen LogP) is 7.31. The number of hydrogen-bond donors (Lipinski definition) is 2. The lowest BCUT2D eigenvalue weighted by molar-refractivity contribution is 0.284. The van der Waals surface area contributed by atoms with Gasteiger partial charge in [0.05, 0.1) is 17.2 Å². The molecule has 0 bridgehead atoms. The molecule has 4 nitrogen and oxygen atoms in total. The third-order valence-electron chi connectivity index (χ3n) is 4.14. The van der Waals surface area contributed by atoms with E-state index >= 15 is 0 Å². The Balaban J connectivity index is 1.73. The Kier molecular flexibility index (Phi) is 7.41. The summed E-state index contributed by atoms with van der Waals surface area (Å²) in [5.74, 6) is 1.10. The number of anilines is 1. The minimum Gasteiger partial charge on any atom is -0.505 e. The fraction of sp³-hybridized carbons (Fsp3) is 0.143. The summed E-state index contributed by atoms with van der Waals surface area (Å²) in [5, 5.41) is 13.9. The fourth-order valence-electron chi connectivity index (χ4n) is 2.59. The van der Waals surface area contributed by atoms with Crippen LogP contribution in [0.5, 0.6) is 17.2 Å². The second-order valence-corrected chi connectivity index (χ2v) is 8.26. The van der Waals surface area contributed by atoms with Crippen LogP contribution in [0.25, 0.3) is 0 Å². The quantitative estimate of drug-likeness (QED) is 0.323. The molecule has 0 aliphatic carbocycles. The maximum absolute atomic E-state index is 9.67. The first-order valence-electron chi connectivity index (χ1n) is 8.53. The van der Waals surface area contributed by atoms with Crippen molar-refractivity contribution in [1.29, 1.82) is 0 Å². The van der Waals surface area contributed by atoms with E-state index in [0.717, 1.165) is 15.6 Å². The van der Waals surface area contributed by atoms with Crippen LogP contribution in [0.3, 0.4) is 0 Å². The van der Waals surface area contributed by atoms with Gasteiger partial charge >= 0.3 is 0 Å². The van der Waals surface area contributed by atoms with Crippen LogP contribution in [-0.4, -0.2) is 12.2 Å². The zero-order chi connectivity index (χ0) is 21.0. The first-order valence-corrected chi connectivity index (χ1v) is 10.5. The molecule has 0 saturated heterocycles. The summed E-state index contributed by atoms with van der Waals surface area (Å²) in [5.41, 5.74) is 2.63. The molecule has 0 amide bonds. The van der Waals surface area contributed by atoms with Gasteiger partial charge in [-0.25, -0.2) is 0 Å². The molecule has 3 rings (SSSR count). The van der Waals surface area contributed by atoms with Crippen molar-refractivity contribution in [3.63, 3.8) is 0 Å². The lowest BCUT2D eigenvalue weighted by Crippen LogP contribution is -2.03. The van der Waals surface area contributed by atoms with E-state index in [1.807, 2.05) is 36.4 Å². The number of phenolic OH excluding ortho intramolecular Hbond substituents is 1. The summed E-state index contributed by atoms with van der Waals surface area (Å²) in [6.45, 7) is 0.869. The van der Waals surface area contributed by atoms with Gasteiger partial charge in [-0.3, -0.25) is 0 Å². The largest absolute Gasteiger partial charge is 0.505 e. The molecule has 0 spiro atoms. The van der Waals surface area contributed by atoms with Crippen molar-refractivity contribution in [3.8, 4) is 17.2 Å². The highest BCUT2D eigenvalue weighted by Crippen LogP contribution is 2.36. The molecule has 8 heteroatoms. The summed E-state index contributed by atoms with van der Waals surface area (Å²) in [6.07, 6.45) is 0. The molecule has 0 atom stereocenters. The van der Waals surface area contributed by atoms with Crippen molar-refractivity contribution in [2.24, 2.45) is 0 Å². The van der Waals surface area contributed by atoms with Gasteiger partial charge in [-0.2, -0.15) is 0 Å². The second kappa shape index (κ2) is 9.81. The lowest BCUT2D eigenvalue weighted by Gasteiger charge is -2.15. The van der Waals surface area contributed by atoms with Crippen molar-refractivity contribution < 1.29 is 14.6 Å². The minimum absolute atomic E-state index is 0.135. The Hall–Kier alpha value is -1.79. The molecular weight excluding hydrogens is 500 g/mol. The molecule has 0 unspecified atom stereocenters. The Labute approximate surface area is 192 Å². The van der Waals surface area contributed by atoms with Crippen LogP contribution in [0.1, 0.15) is 11.1 Å². The van der Waals surface area contributed by atoms with Gasteiger partial charge in [0.25, 0.3) is 0 Å². The Morgan fingerprint density at radius 1 is 0.966 bits per heavy atom. The molecule has 0 aliphatic heterocycles. The number of methoxy groups -OCH3 is 1. The fourth-order valence-corrected chi connectivity index (χ4v) is 3.67. The first kappa shape index (κ1) is 21.9. The highest BCUT2D eigenvalue weighted by Gasteiger charge is 2.12. The summed E-state index contributed by atoms with van der Waals surface area (Å²) >= 11 is 21.4. The van der Waals surface area contributed by atoms with Gasteiger partial charge in [0, 0.05) is 21.7 Å². The molecule has 0 aliphatic rings. The van der Waals surface area contributed by atoms with Crippen LogP contribution in [0.4, 0.5) is 5.69 Å². The molecule has 29 heavy (non-hydrogen) atoms. The molecule has 2 N–H and O–H groups in total. The molecule has 152 valence electrons. The third kappa shape index (κ3) is 5.64. The van der Waals surface area contributed by atoms with Crippen molar-refractivity contribution in [2.75, 3.05) is 12.4 Å². The number of rotatable bonds is 7. The summed E-state index contributed by atoms with van der Waals surface area (Å²) in [4.78, 5) is 0. The van der Waals surface area contributed by atoms with E-state index in [0.29, 0.717) is 35.4 Å². The van der Waals surface area contributed by atoms with E-state index in [1.165, 1.54) is 0 Å². The molecule has 3 aromatic carbocycles. The van der Waals surface area contributed by atoms with Gasteiger partial charge in [0.1, 0.15) is 6.61 Å². The van der Waals surface area contributed by atoms with Crippen LogP contribution in [0.15, 0.2) is 53.0 Å². The number of benzene rings is 3. The van der Waals surface area contributed by atoms with E-state index in [1.54, 1.807) is 19.2 Å². The normalized spacial score (nSPS) is 10.7.